The van der Waals surface area contributed by atoms with E-state index in [1.807, 2.05) is 26.8 Å². The molecular formula is C19H25N5O5. The van der Waals surface area contributed by atoms with Crippen LogP contribution in [0.25, 0.3) is 5.52 Å². The first-order valence-corrected chi connectivity index (χ1v) is 9.27. The highest BCUT2D eigenvalue weighted by Gasteiger charge is 2.57. The smallest absolute Gasteiger partial charge is 0.305 e. The first-order valence-electron chi connectivity index (χ1n) is 9.27. The maximum Gasteiger partial charge on any atom is 0.305 e. The second kappa shape index (κ2) is 7.59. The predicted molar refractivity (Wildman–Crippen MR) is 101 cm³/mol. The molecule has 0 aliphatic carbocycles. The van der Waals surface area contributed by atoms with Crippen molar-refractivity contribution < 1.29 is 24.5 Å². The number of rotatable bonds is 5. The van der Waals surface area contributed by atoms with Crippen LogP contribution in [0.1, 0.15) is 45.4 Å². The summed E-state index contributed by atoms with van der Waals surface area (Å²) in [7, 11) is 0. The fourth-order valence-electron chi connectivity index (χ4n) is 3.21. The third-order valence-electron chi connectivity index (χ3n) is 4.97. The van der Waals surface area contributed by atoms with Gasteiger partial charge in [-0.1, -0.05) is 20.8 Å². The Bertz CT molecular complexity index is 947. The van der Waals surface area contributed by atoms with Gasteiger partial charge in [0.25, 0.3) is 0 Å². The summed E-state index contributed by atoms with van der Waals surface area (Å²) in [6.07, 6.45) is -2.06. The molecule has 0 unspecified atom stereocenters. The maximum atomic E-state index is 12.0. The van der Waals surface area contributed by atoms with E-state index in [-0.39, 0.29) is 17.7 Å². The van der Waals surface area contributed by atoms with Crippen LogP contribution in [-0.2, 0) is 14.3 Å². The largest absolute Gasteiger partial charge is 0.461 e. The van der Waals surface area contributed by atoms with Crippen molar-refractivity contribution >= 4 is 17.3 Å². The summed E-state index contributed by atoms with van der Waals surface area (Å²) in [5.74, 6) is -0.268. The molecule has 3 rings (SSSR count). The van der Waals surface area contributed by atoms with Crippen LogP contribution in [0.15, 0.2) is 18.5 Å². The van der Waals surface area contributed by atoms with Gasteiger partial charge in [0.15, 0.2) is 5.82 Å². The van der Waals surface area contributed by atoms with Crippen LogP contribution in [0, 0.1) is 16.7 Å². The minimum Gasteiger partial charge on any atom is -0.461 e. The number of aromatic nitrogens is 3. The molecule has 0 spiro atoms. The average Bonchev–Trinajstić information content (AvgIpc) is 3.20. The number of carbonyl (C=O) groups is 1. The van der Waals surface area contributed by atoms with Gasteiger partial charge in [-0.15, -0.1) is 0 Å². The SMILES string of the molecule is CC(C)(C)CCC(=O)OC[C@@]1(C#N)O[C@@H](c2ccc3c(N)ncnn23)[C@H](O)[C@@H]1O. The fourth-order valence-corrected chi connectivity index (χ4v) is 3.21. The highest BCUT2D eigenvalue weighted by Crippen LogP contribution is 2.40. The van der Waals surface area contributed by atoms with Crippen molar-refractivity contribution in [2.45, 2.75) is 57.5 Å². The van der Waals surface area contributed by atoms with Crippen molar-refractivity contribution in [3.63, 3.8) is 0 Å². The van der Waals surface area contributed by atoms with Crippen molar-refractivity contribution in [3.05, 3.63) is 24.2 Å². The normalized spacial score (nSPS) is 27.1. The highest BCUT2D eigenvalue weighted by atomic mass is 16.6. The number of nitrogen functional groups attached to an aromatic ring is 1. The van der Waals surface area contributed by atoms with Crippen molar-refractivity contribution in [2.24, 2.45) is 5.41 Å². The van der Waals surface area contributed by atoms with Gasteiger partial charge in [0, 0.05) is 6.42 Å². The van der Waals surface area contributed by atoms with E-state index in [4.69, 9.17) is 15.2 Å². The molecule has 0 saturated carbocycles. The minimum atomic E-state index is -1.90. The van der Waals surface area contributed by atoms with Crippen LogP contribution < -0.4 is 5.73 Å². The highest BCUT2D eigenvalue weighted by molar-refractivity contribution is 5.69. The third kappa shape index (κ3) is 4.03. The quantitative estimate of drug-likeness (QED) is 0.612. The van der Waals surface area contributed by atoms with Crippen molar-refractivity contribution in [3.8, 4) is 6.07 Å². The number of nitriles is 1. The standard InChI is InChI=1S/C19H25N5O5/c1-18(2,3)7-6-13(25)28-9-19(8-20)16(27)14(26)15(29-19)11-4-5-12-17(21)22-10-23-24(11)12/h4-5,10,14-16,26-27H,6-7,9H2,1-3H3,(H2,21,22,23)/t14-,15-,16-,19+/m0/s1. The number of esters is 1. The van der Waals surface area contributed by atoms with Crippen molar-refractivity contribution in [1.29, 1.82) is 5.26 Å². The summed E-state index contributed by atoms with van der Waals surface area (Å²) >= 11 is 0. The Balaban J connectivity index is 1.78. The van der Waals surface area contributed by atoms with Crippen molar-refractivity contribution in [2.75, 3.05) is 12.3 Å². The van der Waals surface area contributed by atoms with E-state index in [0.29, 0.717) is 17.6 Å². The first kappa shape index (κ1) is 21.0. The maximum absolute atomic E-state index is 12.0. The molecule has 0 aromatic carbocycles. The van der Waals surface area contributed by atoms with Gasteiger partial charge in [-0.25, -0.2) is 9.50 Å². The molecule has 0 radical (unpaired) electrons. The van der Waals surface area contributed by atoms with Crippen LogP contribution in [-0.4, -0.2) is 55.2 Å². The molecule has 3 heterocycles. The molecule has 10 nitrogen and oxygen atoms in total. The molecule has 10 heteroatoms. The first-order chi connectivity index (χ1) is 13.6. The van der Waals surface area contributed by atoms with E-state index in [2.05, 4.69) is 10.1 Å². The predicted octanol–water partition coefficient (Wildman–Crippen LogP) is 0.736. The van der Waals surface area contributed by atoms with Crippen LogP contribution >= 0.6 is 0 Å². The Morgan fingerprint density at radius 3 is 2.83 bits per heavy atom. The summed E-state index contributed by atoms with van der Waals surface area (Å²) in [6.45, 7) is 5.50. The third-order valence-corrected chi connectivity index (χ3v) is 4.97. The Morgan fingerprint density at radius 2 is 2.17 bits per heavy atom. The molecule has 1 saturated heterocycles. The van der Waals surface area contributed by atoms with Gasteiger partial charge in [-0.05, 0) is 24.0 Å². The zero-order valence-corrected chi connectivity index (χ0v) is 16.6. The van der Waals surface area contributed by atoms with E-state index >= 15 is 0 Å². The lowest BCUT2D eigenvalue weighted by Crippen LogP contribution is -2.46. The number of hydrogen-bond acceptors (Lipinski definition) is 9. The molecule has 156 valence electrons. The minimum absolute atomic E-state index is 0.0453. The van der Waals surface area contributed by atoms with E-state index in [1.165, 1.54) is 10.8 Å². The molecule has 2 aromatic rings. The second-order valence-corrected chi connectivity index (χ2v) is 8.40. The summed E-state index contributed by atoms with van der Waals surface area (Å²) in [5, 5.41) is 34.8. The molecule has 29 heavy (non-hydrogen) atoms. The van der Waals surface area contributed by atoms with Crippen LogP contribution in [0.5, 0.6) is 0 Å². The van der Waals surface area contributed by atoms with Gasteiger partial charge < -0.3 is 25.4 Å². The number of ether oxygens (including phenoxy) is 2. The molecule has 2 aromatic heterocycles. The topological polar surface area (TPSA) is 156 Å². The number of aliphatic hydroxyl groups excluding tert-OH is 2. The lowest BCUT2D eigenvalue weighted by atomic mass is 9.91. The van der Waals surface area contributed by atoms with Gasteiger partial charge in [0.05, 0.1) is 5.69 Å². The Kier molecular flexibility index (Phi) is 5.49. The molecule has 1 aliphatic heterocycles. The number of nitrogens with two attached hydrogens (primary N) is 1. The summed E-state index contributed by atoms with van der Waals surface area (Å²) in [5.41, 5.74) is 4.75. The molecule has 0 amide bonds. The van der Waals surface area contributed by atoms with Gasteiger partial charge in [0.1, 0.15) is 42.8 Å². The molecule has 1 aliphatic rings. The summed E-state index contributed by atoms with van der Waals surface area (Å²) in [4.78, 5) is 15.9. The van der Waals surface area contributed by atoms with Gasteiger partial charge in [-0.3, -0.25) is 4.79 Å². The second-order valence-electron chi connectivity index (χ2n) is 8.40. The summed E-state index contributed by atoms with van der Waals surface area (Å²) in [6, 6.07) is 5.12. The number of carbonyl (C=O) groups excluding carboxylic acids is 1. The number of fused-ring (bicyclic) bond motifs is 1. The fraction of sp³-hybridized carbons (Fsp3) is 0.579. The van der Waals surface area contributed by atoms with Gasteiger partial charge in [0.2, 0.25) is 5.60 Å². The zero-order chi connectivity index (χ0) is 21.4. The monoisotopic (exact) mass is 403 g/mol. The molecule has 4 atom stereocenters. The molecule has 4 N–H and O–H groups in total. The number of aliphatic hydroxyl groups is 2. The lowest BCUT2D eigenvalue weighted by Gasteiger charge is -2.24. The number of nitrogens with zero attached hydrogens (tertiary/aromatic N) is 4. The summed E-state index contributed by atoms with van der Waals surface area (Å²) < 4.78 is 12.4. The van der Waals surface area contributed by atoms with Gasteiger partial charge >= 0.3 is 5.97 Å². The van der Waals surface area contributed by atoms with Crippen LogP contribution in [0.4, 0.5) is 5.82 Å². The van der Waals surface area contributed by atoms with Crippen LogP contribution in [0.3, 0.4) is 0 Å². The Hall–Kier alpha value is -2.74. The van der Waals surface area contributed by atoms with E-state index in [9.17, 15) is 20.3 Å². The van der Waals surface area contributed by atoms with Crippen LogP contribution in [0.2, 0.25) is 0 Å². The number of hydrogen-bond donors (Lipinski definition) is 3. The Labute approximate surface area is 167 Å². The molecular weight excluding hydrogens is 378 g/mol. The van der Waals surface area contributed by atoms with Crippen molar-refractivity contribution in [1.82, 2.24) is 14.6 Å². The molecule has 1 fully saturated rings. The lowest BCUT2D eigenvalue weighted by molar-refractivity contribution is -0.155. The number of anilines is 1. The average molecular weight is 403 g/mol. The van der Waals surface area contributed by atoms with E-state index < -0.39 is 36.5 Å². The van der Waals surface area contributed by atoms with E-state index in [1.54, 1.807) is 12.1 Å². The molecule has 0 bridgehead atoms. The van der Waals surface area contributed by atoms with E-state index in [0.717, 1.165) is 0 Å². The van der Waals surface area contributed by atoms with Gasteiger partial charge in [-0.2, -0.15) is 10.4 Å². The zero-order valence-electron chi connectivity index (χ0n) is 16.6. The Morgan fingerprint density at radius 1 is 1.45 bits per heavy atom.